The van der Waals surface area contributed by atoms with Crippen LogP contribution in [0.3, 0.4) is 0 Å². The summed E-state index contributed by atoms with van der Waals surface area (Å²) in [6.07, 6.45) is 0. The number of nitrogens with one attached hydrogen (secondary N) is 1. The van der Waals surface area contributed by atoms with Crippen LogP contribution in [0.15, 0.2) is 84.2 Å². The maximum absolute atomic E-state index is 12.4. The van der Waals surface area contributed by atoms with Crippen LogP contribution in [0, 0.1) is 0 Å². The van der Waals surface area contributed by atoms with Gasteiger partial charge < -0.3 is 9.47 Å². The van der Waals surface area contributed by atoms with E-state index in [1.165, 1.54) is 22.5 Å². The van der Waals surface area contributed by atoms with Crippen LogP contribution in [-0.2, 0) is 10.2 Å². The number of hydrogen-bond acceptors (Lipinski definition) is 5. The van der Waals surface area contributed by atoms with Gasteiger partial charge in [-0.1, -0.05) is 68.4 Å². The van der Waals surface area contributed by atoms with Crippen molar-refractivity contribution in [2.75, 3.05) is 18.5 Å². The molecule has 6 heteroatoms. The van der Waals surface area contributed by atoms with Gasteiger partial charge >= 0.3 is 0 Å². The summed E-state index contributed by atoms with van der Waals surface area (Å²) in [4.78, 5) is 17.0. The Hall–Kier alpha value is -3.64. The van der Waals surface area contributed by atoms with Crippen molar-refractivity contribution in [1.82, 2.24) is 4.98 Å². The summed E-state index contributed by atoms with van der Waals surface area (Å²) in [7, 11) is 0. The minimum absolute atomic E-state index is 0.0914. The SMILES string of the molecule is CCOc1ccccc1-c1csc(NC(=O)COc2ccc(C(C)(C)c3ccccc3)cc2)n1. The molecule has 5 nitrogen and oxygen atoms in total. The van der Waals surface area contributed by atoms with Crippen molar-refractivity contribution in [1.29, 1.82) is 0 Å². The molecule has 0 saturated carbocycles. The Morgan fingerprint density at radius 1 is 0.912 bits per heavy atom. The Morgan fingerprint density at radius 3 is 2.32 bits per heavy atom. The van der Waals surface area contributed by atoms with Crippen LogP contribution in [-0.4, -0.2) is 24.1 Å². The number of aromatic nitrogens is 1. The molecule has 3 aromatic carbocycles. The lowest BCUT2D eigenvalue weighted by Crippen LogP contribution is -2.20. The number of anilines is 1. The van der Waals surface area contributed by atoms with E-state index in [0.717, 1.165) is 17.0 Å². The Kier molecular flexibility index (Phi) is 7.28. The van der Waals surface area contributed by atoms with Gasteiger partial charge in [0.05, 0.1) is 12.3 Å². The van der Waals surface area contributed by atoms with Crippen LogP contribution in [0.5, 0.6) is 11.5 Å². The first-order valence-electron chi connectivity index (χ1n) is 11.2. The van der Waals surface area contributed by atoms with E-state index in [4.69, 9.17) is 9.47 Å². The van der Waals surface area contributed by atoms with Gasteiger partial charge in [-0.05, 0) is 42.3 Å². The zero-order valence-corrected chi connectivity index (χ0v) is 20.4. The van der Waals surface area contributed by atoms with Gasteiger partial charge in [-0.25, -0.2) is 4.98 Å². The maximum atomic E-state index is 12.4. The van der Waals surface area contributed by atoms with Crippen LogP contribution in [0.25, 0.3) is 11.3 Å². The quantitative estimate of drug-likeness (QED) is 0.300. The minimum Gasteiger partial charge on any atom is -0.493 e. The fourth-order valence-electron chi connectivity index (χ4n) is 3.71. The second-order valence-corrected chi connectivity index (χ2v) is 9.18. The van der Waals surface area contributed by atoms with Crippen molar-refractivity contribution < 1.29 is 14.3 Å². The summed E-state index contributed by atoms with van der Waals surface area (Å²) in [5.74, 6) is 1.16. The number of carbonyl (C=O) groups is 1. The van der Waals surface area contributed by atoms with Crippen molar-refractivity contribution in [2.24, 2.45) is 0 Å². The molecule has 0 saturated heterocycles. The lowest BCUT2D eigenvalue weighted by Gasteiger charge is -2.26. The highest BCUT2D eigenvalue weighted by Crippen LogP contribution is 2.33. The van der Waals surface area contributed by atoms with E-state index in [1.807, 2.05) is 66.9 Å². The Balaban J connectivity index is 1.34. The molecule has 0 aliphatic heterocycles. The van der Waals surface area contributed by atoms with Gasteiger partial charge in [-0.2, -0.15) is 0 Å². The van der Waals surface area contributed by atoms with Crippen LogP contribution in [0.4, 0.5) is 5.13 Å². The van der Waals surface area contributed by atoms with Crippen LogP contribution in [0.1, 0.15) is 31.9 Å². The molecule has 0 fully saturated rings. The number of para-hydroxylation sites is 1. The number of hydrogen-bond donors (Lipinski definition) is 1. The van der Waals surface area contributed by atoms with Crippen LogP contribution < -0.4 is 14.8 Å². The highest BCUT2D eigenvalue weighted by Gasteiger charge is 2.22. The molecular formula is C28H28N2O3S. The average molecular weight is 473 g/mol. The molecule has 34 heavy (non-hydrogen) atoms. The zero-order chi connectivity index (χ0) is 24.0. The molecule has 0 spiro atoms. The minimum atomic E-state index is -0.257. The molecule has 174 valence electrons. The molecule has 1 N–H and O–H groups in total. The first kappa shape index (κ1) is 23.5. The predicted molar refractivity (Wildman–Crippen MR) is 138 cm³/mol. The zero-order valence-electron chi connectivity index (χ0n) is 19.6. The van der Waals surface area contributed by atoms with E-state index in [-0.39, 0.29) is 17.9 Å². The number of carbonyl (C=O) groups excluding carboxylic acids is 1. The third-order valence-electron chi connectivity index (χ3n) is 5.65. The molecule has 0 radical (unpaired) electrons. The molecular weight excluding hydrogens is 444 g/mol. The summed E-state index contributed by atoms with van der Waals surface area (Å²) in [6.45, 7) is 6.82. The van der Waals surface area contributed by atoms with E-state index in [9.17, 15) is 4.79 Å². The fourth-order valence-corrected chi connectivity index (χ4v) is 4.43. The summed E-state index contributed by atoms with van der Waals surface area (Å²) < 4.78 is 11.4. The molecule has 1 aromatic heterocycles. The Morgan fingerprint density at radius 2 is 1.59 bits per heavy atom. The highest BCUT2D eigenvalue weighted by atomic mass is 32.1. The van der Waals surface area contributed by atoms with Gasteiger partial charge in [-0.15, -0.1) is 11.3 Å². The molecule has 0 bridgehead atoms. The maximum Gasteiger partial charge on any atom is 0.264 e. The van der Waals surface area contributed by atoms with E-state index >= 15 is 0 Å². The van der Waals surface area contributed by atoms with Crippen molar-refractivity contribution in [3.05, 3.63) is 95.4 Å². The second-order valence-electron chi connectivity index (χ2n) is 8.32. The summed E-state index contributed by atoms with van der Waals surface area (Å²) in [5, 5.41) is 5.24. The third kappa shape index (κ3) is 5.46. The molecule has 1 heterocycles. The lowest BCUT2D eigenvalue weighted by atomic mass is 9.78. The van der Waals surface area contributed by atoms with Crippen molar-refractivity contribution >= 4 is 22.4 Å². The van der Waals surface area contributed by atoms with Crippen molar-refractivity contribution in [2.45, 2.75) is 26.2 Å². The van der Waals surface area contributed by atoms with Crippen molar-refractivity contribution in [3.8, 4) is 22.8 Å². The molecule has 0 aliphatic rings. The normalized spacial score (nSPS) is 11.1. The van der Waals surface area contributed by atoms with E-state index in [0.29, 0.717) is 17.5 Å². The van der Waals surface area contributed by atoms with E-state index in [1.54, 1.807) is 0 Å². The molecule has 4 aromatic rings. The van der Waals surface area contributed by atoms with Gasteiger partial charge in [0.1, 0.15) is 11.5 Å². The number of rotatable bonds is 9. The van der Waals surface area contributed by atoms with Gasteiger partial charge in [0.15, 0.2) is 11.7 Å². The first-order chi connectivity index (χ1) is 16.5. The highest BCUT2D eigenvalue weighted by molar-refractivity contribution is 7.14. The number of nitrogens with zero attached hydrogens (tertiary/aromatic N) is 1. The third-order valence-corrected chi connectivity index (χ3v) is 6.41. The van der Waals surface area contributed by atoms with Gasteiger partial charge in [0.2, 0.25) is 0 Å². The predicted octanol–water partition coefficient (Wildman–Crippen LogP) is 6.55. The topological polar surface area (TPSA) is 60.5 Å². The van der Waals surface area contributed by atoms with Gasteiger partial charge in [0, 0.05) is 16.4 Å². The fraction of sp³-hybridized carbons (Fsp3) is 0.214. The second kappa shape index (κ2) is 10.5. The van der Waals surface area contributed by atoms with Crippen LogP contribution in [0.2, 0.25) is 0 Å². The molecule has 4 rings (SSSR count). The number of benzene rings is 3. The average Bonchev–Trinajstić information content (AvgIpc) is 3.32. The molecule has 0 atom stereocenters. The summed E-state index contributed by atoms with van der Waals surface area (Å²) in [6, 6.07) is 26.0. The number of ether oxygens (including phenoxy) is 2. The molecule has 0 unspecified atom stereocenters. The summed E-state index contributed by atoms with van der Waals surface area (Å²) in [5.41, 5.74) is 3.96. The monoisotopic (exact) mass is 472 g/mol. The first-order valence-corrected chi connectivity index (χ1v) is 12.1. The Labute approximate surface area is 204 Å². The molecule has 0 aliphatic carbocycles. The Bertz CT molecular complexity index is 1230. The van der Waals surface area contributed by atoms with E-state index < -0.39 is 0 Å². The van der Waals surface area contributed by atoms with Gasteiger partial charge in [0.25, 0.3) is 5.91 Å². The largest absolute Gasteiger partial charge is 0.493 e. The number of amides is 1. The van der Waals surface area contributed by atoms with Crippen molar-refractivity contribution in [3.63, 3.8) is 0 Å². The molecule has 1 amide bonds. The standard InChI is InChI=1S/C28H28N2O3S/c1-4-32-25-13-9-8-12-23(25)24-19-34-27(29-24)30-26(31)18-33-22-16-14-21(15-17-22)28(2,3)20-10-6-5-7-11-20/h5-17,19H,4,18H2,1-3H3,(H,29,30,31). The number of thiazole rings is 1. The summed E-state index contributed by atoms with van der Waals surface area (Å²) >= 11 is 1.37. The van der Waals surface area contributed by atoms with Gasteiger partial charge in [-0.3, -0.25) is 10.1 Å². The smallest absolute Gasteiger partial charge is 0.264 e. The van der Waals surface area contributed by atoms with E-state index in [2.05, 4.69) is 48.4 Å². The lowest BCUT2D eigenvalue weighted by molar-refractivity contribution is -0.118. The van der Waals surface area contributed by atoms with Crippen LogP contribution >= 0.6 is 11.3 Å².